The number of aliphatic hydroxyl groups is 1. The quantitative estimate of drug-likeness (QED) is 0.756. The SMILES string of the molecule is C[C@H](C(O)C1CC1)N(C(=O)O)C(C)(C)C. The van der Waals surface area contributed by atoms with E-state index in [4.69, 9.17) is 5.11 Å². The largest absolute Gasteiger partial charge is 0.465 e. The molecule has 0 radical (unpaired) electrons. The van der Waals surface area contributed by atoms with Gasteiger partial charge < -0.3 is 10.2 Å². The third-order valence-corrected chi connectivity index (χ3v) is 2.94. The fourth-order valence-electron chi connectivity index (χ4n) is 2.06. The zero-order valence-electron chi connectivity index (χ0n) is 9.90. The number of amides is 1. The average Bonchev–Trinajstić information content (AvgIpc) is 2.81. The van der Waals surface area contributed by atoms with E-state index in [2.05, 4.69) is 0 Å². The van der Waals surface area contributed by atoms with Gasteiger partial charge in [-0.2, -0.15) is 0 Å². The third kappa shape index (κ3) is 2.84. The first-order valence-corrected chi connectivity index (χ1v) is 5.45. The van der Waals surface area contributed by atoms with Gasteiger partial charge in [0.2, 0.25) is 0 Å². The Hall–Kier alpha value is -0.770. The monoisotopic (exact) mass is 215 g/mol. The number of hydrogen-bond acceptors (Lipinski definition) is 2. The summed E-state index contributed by atoms with van der Waals surface area (Å²) in [5.74, 6) is 0.296. The minimum Gasteiger partial charge on any atom is -0.465 e. The van der Waals surface area contributed by atoms with Gasteiger partial charge in [0.1, 0.15) is 0 Å². The van der Waals surface area contributed by atoms with Crippen molar-refractivity contribution in [1.82, 2.24) is 4.90 Å². The van der Waals surface area contributed by atoms with E-state index in [1.54, 1.807) is 6.92 Å². The molecule has 2 atom stereocenters. The summed E-state index contributed by atoms with van der Waals surface area (Å²) < 4.78 is 0. The first-order chi connectivity index (χ1) is 6.75. The van der Waals surface area contributed by atoms with Gasteiger partial charge in [0, 0.05) is 5.54 Å². The number of aliphatic hydroxyl groups excluding tert-OH is 1. The smallest absolute Gasteiger partial charge is 0.408 e. The fourth-order valence-corrected chi connectivity index (χ4v) is 2.06. The highest BCUT2D eigenvalue weighted by Crippen LogP contribution is 2.36. The summed E-state index contributed by atoms with van der Waals surface area (Å²) in [6, 6.07) is -0.338. The minimum atomic E-state index is -0.963. The van der Waals surface area contributed by atoms with Crippen LogP contribution in [0.2, 0.25) is 0 Å². The number of nitrogens with zero attached hydrogens (tertiary/aromatic N) is 1. The van der Waals surface area contributed by atoms with Crippen LogP contribution in [-0.4, -0.2) is 38.9 Å². The molecular formula is C11H21NO3. The molecule has 0 saturated heterocycles. The van der Waals surface area contributed by atoms with Crippen molar-refractivity contribution in [3.63, 3.8) is 0 Å². The standard InChI is InChI=1S/C11H21NO3/c1-7(9(13)8-5-6-8)12(10(14)15)11(2,3)4/h7-9,13H,5-6H2,1-4H3,(H,14,15)/t7-,9?/m1/s1. The number of carboxylic acid groups (broad SMARTS) is 1. The lowest BCUT2D eigenvalue weighted by molar-refractivity contribution is 0.00616. The van der Waals surface area contributed by atoms with Crippen LogP contribution in [0.5, 0.6) is 0 Å². The van der Waals surface area contributed by atoms with Crippen LogP contribution in [0.4, 0.5) is 4.79 Å². The topological polar surface area (TPSA) is 60.8 Å². The summed E-state index contributed by atoms with van der Waals surface area (Å²) in [7, 11) is 0. The molecule has 4 nitrogen and oxygen atoms in total. The fraction of sp³-hybridized carbons (Fsp3) is 0.909. The number of carbonyl (C=O) groups is 1. The van der Waals surface area contributed by atoms with Crippen LogP contribution in [-0.2, 0) is 0 Å². The second-order valence-corrected chi connectivity index (χ2v) is 5.39. The van der Waals surface area contributed by atoms with Crippen molar-refractivity contribution in [2.24, 2.45) is 5.92 Å². The van der Waals surface area contributed by atoms with E-state index in [0.717, 1.165) is 12.8 Å². The molecule has 1 rings (SSSR count). The summed E-state index contributed by atoms with van der Waals surface area (Å²) in [6.07, 6.45) is 0.543. The van der Waals surface area contributed by atoms with Gasteiger partial charge in [-0.1, -0.05) is 0 Å². The molecule has 1 fully saturated rings. The second kappa shape index (κ2) is 4.00. The number of hydrogen-bond donors (Lipinski definition) is 2. The molecule has 0 aromatic rings. The predicted octanol–water partition coefficient (Wildman–Crippen LogP) is 1.92. The van der Waals surface area contributed by atoms with Gasteiger partial charge >= 0.3 is 6.09 Å². The zero-order valence-corrected chi connectivity index (χ0v) is 9.90. The molecule has 4 heteroatoms. The molecule has 1 amide bonds. The summed E-state index contributed by atoms with van der Waals surface area (Å²) in [6.45, 7) is 7.31. The van der Waals surface area contributed by atoms with E-state index < -0.39 is 17.7 Å². The minimum absolute atomic E-state index is 0.296. The molecule has 2 N–H and O–H groups in total. The maximum absolute atomic E-state index is 11.1. The van der Waals surface area contributed by atoms with Crippen molar-refractivity contribution in [3.05, 3.63) is 0 Å². The van der Waals surface area contributed by atoms with Crippen LogP contribution in [0, 0.1) is 5.92 Å². The van der Waals surface area contributed by atoms with Crippen molar-refractivity contribution in [1.29, 1.82) is 0 Å². The Morgan fingerprint density at radius 2 is 1.87 bits per heavy atom. The van der Waals surface area contributed by atoms with E-state index in [0.29, 0.717) is 5.92 Å². The Morgan fingerprint density at radius 3 is 2.13 bits per heavy atom. The maximum Gasteiger partial charge on any atom is 0.408 e. The molecule has 15 heavy (non-hydrogen) atoms. The first kappa shape index (κ1) is 12.3. The van der Waals surface area contributed by atoms with E-state index in [9.17, 15) is 9.90 Å². The van der Waals surface area contributed by atoms with Crippen molar-refractivity contribution >= 4 is 6.09 Å². The summed E-state index contributed by atoms with van der Waals surface area (Å²) in [5.41, 5.74) is -0.471. The van der Waals surface area contributed by atoms with Gasteiger partial charge in [-0.05, 0) is 46.5 Å². The molecule has 0 aliphatic heterocycles. The maximum atomic E-state index is 11.1. The summed E-state index contributed by atoms with van der Waals surface area (Å²) in [4.78, 5) is 12.5. The summed E-state index contributed by atoms with van der Waals surface area (Å²) in [5, 5.41) is 19.1. The highest BCUT2D eigenvalue weighted by molar-refractivity contribution is 5.66. The first-order valence-electron chi connectivity index (χ1n) is 5.45. The zero-order chi connectivity index (χ0) is 11.8. The van der Waals surface area contributed by atoms with E-state index in [1.807, 2.05) is 20.8 Å². The average molecular weight is 215 g/mol. The Bertz CT molecular complexity index is 243. The van der Waals surface area contributed by atoms with Crippen LogP contribution in [0.15, 0.2) is 0 Å². The van der Waals surface area contributed by atoms with Crippen LogP contribution >= 0.6 is 0 Å². The number of rotatable bonds is 3. The molecule has 0 bridgehead atoms. The molecule has 0 aromatic heterocycles. The lowest BCUT2D eigenvalue weighted by Gasteiger charge is -2.40. The third-order valence-electron chi connectivity index (χ3n) is 2.94. The van der Waals surface area contributed by atoms with Crippen molar-refractivity contribution in [2.75, 3.05) is 0 Å². The van der Waals surface area contributed by atoms with E-state index in [-0.39, 0.29) is 6.04 Å². The Morgan fingerprint density at radius 1 is 1.40 bits per heavy atom. The van der Waals surface area contributed by atoms with Gasteiger partial charge in [0.15, 0.2) is 0 Å². The van der Waals surface area contributed by atoms with Crippen LogP contribution in [0.3, 0.4) is 0 Å². The van der Waals surface area contributed by atoms with Crippen LogP contribution < -0.4 is 0 Å². The van der Waals surface area contributed by atoms with Gasteiger partial charge in [0.05, 0.1) is 12.1 Å². The van der Waals surface area contributed by atoms with Gasteiger partial charge in [-0.15, -0.1) is 0 Å². The van der Waals surface area contributed by atoms with E-state index in [1.165, 1.54) is 4.90 Å². The van der Waals surface area contributed by atoms with Gasteiger partial charge in [-0.25, -0.2) is 4.79 Å². The van der Waals surface area contributed by atoms with Gasteiger partial charge in [0.25, 0.3) is 0 Å². The molecule has 0 heterocycles. The highest BCUT2D eigenvalue weighted by atomic mass is 16.4. The Kier molecular flexibility index (Phi) is 3.28. The normalized spacial score (nSPS) is 20.9. The summed E-state index contributed by atoms with van der Waals surface area (Å²) >= 11 is 0. The second-order valence-electron chi connectivity index (χ2n) is 5.39. The Labute approximate surface area is 90.9 Å². The molecule has 1 aliphatic carbocycles. The van der Waals surface area contributed by atoms with Crippen LogP contribution in [0.1, 0.15) is 40.5 Å². The van der Waals surface area contributed by atoms with Crippen molar-refractivity contribution in [2.45, 2.75) is 58.2 Å². The van der Waals surface area contributed by atoms with Crippen LogP contribution in [0.25, 0.3) is 0 Å². The Balaban J connectivity index is 2.74. The van der Waals surface area contributed by atoms with Crippen molar-refractivity contribution in [3.8, 4) is 0 Å². The molecular weight excluding hydrogens is 194 g/mol. The van der Waals surface area contributed by atoms with Gasteiger partial charge in [-0.3, -0.25) is 4.90 Å². The highest BCUT2D eigenvalue weighted by Gasteiger charge is 2.40. The molecule has 1 unspecified atom stereocenters. The lowest BCUT2D eigenvalue weighted by atomic mass is 9.99. The van der Waals surface area contributed by atoms with Crippen molar-refractivity contribution < 1.29 is 15.0 Å². The predicted molar refractivity (Wildman–Crippen MR) is 57.8 cm³/mol. The molecule has 0 aromatic carbocycles. The molecule has 1 aliphatic rings. The molecule has 88 valence electrons. The molecule has 0 spiro atoms. The molecule has 1 saturated carbocycles. The van der Waals surface area contributed by atoms with E-state index >= 15 is 0 Å². The lowest BCUT2D eigenvalue weighted by Crippen LogP contribution is -2.54.